The monoisotopic (exact) mass is 428 g/mol. The molecule has 1 aromatic heterocycles. The zero-order chi connectivity index (χ0) is 22.2. The molecule has 0 aliphatic heterocycles. The Labute approximate surface area is 174 Å². The van der Waals surface area contributed by atoms with Crippen molar-refractivity contribution in [2.45, 2.75) is 12.1 Å². The fourth-order valence-electron chi connectivity index (χ4n) is 3.61. The average Bonchev–Trinajstić information content (AvgIpc) is 3.05. The van der Waals surface area contributed by atoms with E-state index in [9.17, 15) is 27.9 Å². The summed E-state index contributed by atoms with van der Waals surface area (Å²) >= 11 is 0. The number of carboxylic acid groups (broad SMARTS) is 1. The number of aromatic carboxylic acids is 1. The fourth-order valence-corrected chi connectivity index (χ4v) is 3.61. The molecular formula is C22H15F3N2O4. The van der Waals surface area contributed by atoms with Crippen LogP contribution in [0.5, 0.6) is 0 Å². The van der Waals surface area contributed by atoms with Gasteiger partial charge in [0, 0.05) is 12.1 Å². The summed E-state index contributed by atoms with van der Waals surface area (Å²) in [7, 11) is 0. The van der Waals surface area contributed by atoms with Crippen LogP contribution in [0.1, 0.15) is 33.0 Å². The van der Waals surface area contributed by atoms with Gasteiger partial charge in [0.1, 0.15) is 18.0 Å². The zero-order valence-corrected chi connectivity index (χ0v) is 15.8. The molecule has 158 valence electrons. The maximum absolute atomic E-state index is 12.8. The summed E-state index contributed by atoms with van der Waals surface area (Å²) in [5, 5.41) is 11.3. The number of amides is 1. The Morgan fingerprint density at radius 2 is 1.61 bits per heavy atom. The predicted octanol–water partition coefficient (Wildman–Crippen LogP) is 5.16. The molecular weight excluding hydrogens is 413 g/mol. The van der Waals surface area contributed by atoms with Gasteiger partial charge in [0.15, 0.2) is 0 Å². The average molecular weight is 428 g/mol. The number of carbonyl (C=O) groups excluding carboxylic acids is 1. The van der Waals surface area contributed by atoms with Gasteiger partial charge in [0.2, 0.25) is 0 Å². The van der Waals surface area contributed by atoms with Gasteiger partial charge < -0.3 is 9.84 Å². The molecule has 0 saturated carbocycles. The van der Waals surface area contributed by atoms with Gasteiger partial charge in [-0.1, -0.05) is 48.5 Å². The molecule has 1 amide bonds. The first kappa shape index (κ1) is 20.4. The van der Waals surface area contributed by atoms with Gasteiger partial charge in [-0.2, -0.15) is 13.2 Å². The summed E-state index contributed by atoms with van der Waals surface area (Å²) in [6.45, 7) is -0.0388. The van der Waals surface area contributed by atoms with Crippen molar-refractivity contribution in [2.75, 3.05) is 11.9 Å². The Kier molecular flexibility index (Phi) is 5.10. The molecule has 9 heteroatoms. The van der Waals surface area contributed by atoms with Gasteiger partial charge in [-0.05, 0) is 28.3 Å². The maximum atomic E-state index is 12.8. The van der Waals surface area contributed by atoms with E-state index in [4.69, 9.17) is 4.74 Å². The Morgan fingerprint density at radius 3 is 2.16 bits per heavy atom. The van der Waals surface area contributed by atoms with Crippen LogP contribution >= 0.6 is 0 Å². The molecule has 3 aromatic rings. The van der Waals surface area contributed by atoms with Gasteiger partial charge in [-0.25, -0.2) is 14.6 Å². The van der Waals surface area contributed by atoms with Crippen LogP contribution in [0.3, 0.4) is 0 Å². The molecule has 0 saturated heterocycles. The number of alkyl halides is 3. The lowest BCUT2D eigenvalue weighted by Gasteiger charge is -2.15. The first-order valence-electron chi connectivity index (χ1n) is 9.18. The Bertz CT molecular complexity index is 1130. The Hall–Kier alpha value is -3.88. The topological polar surface area (TPSA) is 88.5 Å². The van der Waals surface area contributed by atoms with Crippen LogP contribution in [-0.2, 0) is 10.9 Å². The highest BCUT2D eigenvalue weighted by atomic mass is 19.4. The van der Waals surface area contributed by atoms with E-state index in [1.54, 1.807) is 0 Å². The summed E-state index contributed by atoms with van der Waals surface area (Å²) in [6, 6.07) is 15.8. The highest BCUT2D eigenvalue weighted by Crippen LogP contribution is 2.44. The van der Waals surface area contributed by atoms with Gasteiger partial charge in [0.25, 0.3) is 0 Å². The zero-order valence-electron chi connectivity index (χ0n) is 15.8. The van der Waals surface area contributed by atoms with Crippen LogP contribution < -0.4 is 5.32 Å². The third-order valence-electron chi connectivity index (χ3n) is 5.01. The minimum Gasteiger partial charge on any atom is -0.478 e. The van der Waals surface area contributed by atoms with Crippen molar-refractivity contribution in [3.05, 3.63) is 83.0 Å². The number of anilines is 1. The predicted molar refractivity (Wildman–Crippen MR) is 105 cm³/mol. The SMILES string of the molecule is O=C(Nc1ncc(C(F)(F)F)cc1C(=O)O)OCC1c2ccccc2-c2ccccc21. The highest BCUT2D eigenvalue weighted by Gasteiger charge is 2.33. The summed E-state index contributed by atoms with van der Waals surface area (Å²) in [4.78, 5) is 27.0. The van der Waals surface area contributed by atoms with Crippen molar-refractivity contribution in [3.63, 3.8) is 0 Å². The van der Waals surface area contributed by atoms with Gasteiger partial charge in [-0.15, -0.1) is 0 Å². The highest BCUT2D eigenvalue weighted by molar-refractivity contribution is 5.97. The molecule has 1 aliphatic carbocycles. The Morgan fingerprint density at radius 1 is 1.03 bits per heavy atom. The van der Waals surface area contributed by atoms with E-state index >= 15 is 0 Å². The molecule has 0 unspecified atom stereocenters. The van der Waals surface area contributed by atoms with Crippen molar-refractivity contribution in [2.24, 2.45) is 0 Å². The Balaban J connectivity index is 1.51. The lowest BCUT2D eigenvalue weighted by atomic mass is 9.98. The number of nitrogens with zero attached hydrogens (tertiary/aromatic N) is 1. The lowest BCUT2D eigenvalue weighted by Crippen LogP contribution is -2.21. The number of hydrogen-bond acceptors (Lipinski definition) is 4. The quantitative estimate of drug-likeness (QED) is 0.599. The smallest absolute Gasteiger partial charge is 0.417 e. The van der Waals surface area contributed by atoms with Crippen LogP contribution in [0.25, 0.3) is 11.1 Å². The van der Waals surface area contributed by atoms with Gasteiger partial charge >= 0.3 is 18.2 Å². The second-order valence-corrected chi connectivity index (χ2v) is 6.87. The minimum atomic E-state index is -4.76. The van der Waals surface area contributed by atoms with Crippen LogP contribution in [0.2, 0.25) is 0 Å². The van der Waals surface area contributed by atoms with E-state index in [1.165, 1.54) is 0 Å². The number of hydrogen-bond donors (Lipinski definition) is 2. The molecule has 6 nitrogen and oxygen atoms in total. The third kappa shape index (κ3) is 3.94. The van der Waals surface area contributed by atoms with Crippen LogP contribution in [-0.4, -0.2) is 28.8 Å². The second kappa shape index (κ2) is 7.75. The molecule has 2 N–H and O–H groups in total. The molecule has 1 heterocycles. The maximum Gasteiger partial charge on any atom is 0.417 e. The minimum absolute atomic E-state index is 0.0388. The first-order valence-corrected chi connectivity index (χ1v) is 9.18. The fraction of sp³-hybridized carbons (Fsp3) is 0.136. The number of ether oxygens (including phenoxy) is 1. The molecule has 0 atom stereocenters. The van der Waals surface area contributed by atoms with E-state index in [1.807, 2.05) is 48.5 Å². The number of fused-ring (bicyclic) bond motifs is 3. The second-order valence-electron chi connectivity index (χ2n) is 6.87. The summed E-state index contributed by atoms with van der Waals surface area (Å²) in [5.41, 5.74) is 2.01. The van der Waals surface area contributed by atoms with Crippen molar-refractivity contribution < 1.29 is 32.6 Å². The molecule has 31 heavy (non-hydrogen) atoms. The van der Waals surface area contributed by atoms with Crippen molar-refractivity contribution in [1.82, 2.24) is 4.98 Å². The number of aromatic nitrogens is 1. The molecule has 1 aliphatic rings. The van der Waals surface area contributed by atoms with Crippen molar-refractivity contribution in [1.29, 1.82) is 0 Å². The first-order chi connectivity index (χ1) is 14.8. The number of carbonyl (C=O) groups is 2. The van der Waals surface area contributed by atoms with Gasteiger partial charge in [0.05, 0.1) is 5.56 Å². The summed E-state index contributed by atoms with van der Waals surface area (Å²) in [6.07, 6.45) is -5.33. The van der Waals surface area contributed by atoms with E-state index in [2.05, 4.69) is 10.3 Å². The number of benzene rings is 2. The van der Waals surface area contributed by atoms with Crippen LogP contribution in [0, 0.1) is 0 Å². The largest absolute Gasteiger partial charge is 0.478 e. The lowest BCUT2D eigenvalue weighted by molar-refractivity contribution is -0.137. The van der Waals surface area contributed by atoms with Crippen LogP contribution in [0.4, 0.5) is 23.8 Å². The van der Waals surface area contributed by atoms with E-state index in [-0.39, 0.29) is 12.5 Å². The standard InChI is InChI=1S/C22H15F3N2O4/c23-22(24,25)12-9-17(20(28)29)19(26-10-12)27-21(30)31-11-18-15-7-3-1-5-13(15)14-6-2-4-8-16(14)18/h1-10,18H,11H2,(H,28,29)(H,26,27,30). The van der Waals surface area contributed by atoms with Crippen molar-refractivity contribution >= 4 is 17.9 Å². The molecule has 0 fully saturated rings. The van der Waals surface area contributed by atoms with Gasteiger partial charge in [-0.3, -0.25) is 5.32 Å². The number of nitrogens with one attached hydrogen (secondary N) is 1. The van der Waals surface area contributed by atoms with Crippen LogP contribution in [0.15, 0.2) is 60.8 Å². The molecule has 2 aromatic carbocycles. The van der Waals surface area contributed by atoms with E-state index in [0.29, 0.717) is 12.3 Å². The third-order valence-corrected chi connectivity index (χ3v) is 5.01. The number of carboxylic acids is 1. The van der Waals surface area contributed by atoms with Crippen molar-refractivity contribution in [3.8, 4) is 11.1 Å². The molecule has 0 radical (unpaired) electrons. The number of rotatable bonds is 4. The summed E-state index contributed by atoms with van der Waals surface area (Å²) in [5.74, 6) is -2.41. The molecule has 0 spiro atoms. The normalized spacial score (nSPS) is 12.7. The molecule has 0 bridgehead atoms. The molecule has 4 rings (SSSR count). The number of halogens is 3. The number of pyridine rings is 1. The van der Waals surface area contributed by atoms with E-state index in [0.717, 1.165) is 22.3 Å². The summed E-state index contributed by atoms with van der Waals surface area (Å²) < 4.78 is 43.7. The van der Waals surface area contributed by atoms with E-state index < -0.39 is 35.2 Å².